The molecule has 0 aliphatic carbocycles. The summed E-state index contributed by atoms with van der Waals surface area (Å²) in [5, 5.41) is 22.8. The van der Waals surface area contributed by atoms with Gasteiger partial charge in [-0.15, -0.1) is 0 Å². The number of rotatable bonds is 10. The molecule has 1 aromatic rings. The van der Waals surface area contributed by atoms with Crippen molar-refractivity contribution in [3.63, 3.8) is 0 Å². The van der Waals surface area contributed by atoms with Crippen molar-refractivity contribution in [2.24, 2.45) is 10.3 Å². The average Bonchev–Trinajstić information content (AvgIpc) is 2.51. The summed E-state index contributed by atoms with van der Waals surface area (Å²) in [6.45, 7) is 5.13. The van der Waals surface area contributed by atoms with Gasteiger partial charge in [-0.1, -0.05) is 46.3 Å². The van der Waals surface area contributed by atoms with E-state index in [2.05, 4.69) is 50.6 Å². The van der Waals surface area contributed by atoms with Crippen LogP contribution in [-0.4, -0.2) is 41.3 Å². The van der Waals surface area contributed by atoms with E-state index in [1.807, 2.05) is 31.1 Å². The Balaban J connectivity index is 2.55. The topological polar surface area (TPSA) is 60.2 Å². The van der Waals surface area contributed by atoms with Crippen LogP contribution in [0.3, 0.4) is 0 Å². The van der Waals surface area contributed by atoms with Crippen LogP contribution in [0.25, 0.3) is 0 Å². The molecule has 0 aromatic heterocycles. The zero-order chi connectivity index (χ0) is 16.4. The largest absolute Gasteiger partial charge is 0.396 e. The molecule has 0 bridgehead atoms. The molecule has 6 heteroatoms. The number of nitrogens with one attached hydrogen (secondary N) is 1. The molecule has 5 nitrogen and oxygen atoms in total. The number of alkyl halides is 1. The van der Waals surface area contributed by atoms with Gasteiger partial charge in [-0.2, -0.15) is 5.11 Å². The molecule has 1 aromatic carbocycles. The maximum atomic E-state index is 9.15. The average molecular weight is 371 g/mol. The van der Waals surface area contributed by atoms with Gasteiger partial charge in [-0.05, 0) is 37.8 Å². The number of hydrogen-bond donors (Lipinski definition) is 2. The van der Waals surface area contributed by atoms with Crippen LogP contribution in [-0.2, 0) is 6.42 Å². The molecule has 0 aliphatic heterocycles. The monoisotopic (exact) mass is 370 g/mol. The Kier molecular flexibility index (Phi) is 9.08. The molecular weight excluding hydrogens is 344 g/mol. The summed E-state index contributed by atoms with van der Waals surface area (Å²) in [4.78, 5) is 0.0420. The Bertz CT molecular complexity index is 454. The molecular formula is C16H27BrN4O. The van der Waals surface area contributed by atoms with E-state index in [4.69, 9.17) is 5.11 Å². The predicted octanol–water partition coefficient (Wildman–Crippen LogP) is 3.84. The minimum absolute atomic E-state index is 0.0420. The van der Waals surface area contributed by atoms with Crippen molar-refractivity contribution >= 4 is 21.6 Å². The zero-order valence-corrected chi connectivity index (χ0v) is 15.3. The molecule has 2 atom stereocenters. The molecule has 2 N–H and O–H groups in total. The van der Waals surface area contributed by atoms with Crippen molar-refractivity contribution in [3.8, 4) is 0 Å². The van der Waals surface area contributed by atoms with E-state index in [1.54, 1.807) is 0 Å². The lowest BCUT2D eigenvalue weighted by Crippen LogP contribution is -2.25. The highest BCUT2D eigenvalue weighted by Gasteiger charge is 2.10. The van der Waals surface area contributed by atoms with Crippen LogP contribution in [0.15, 0.2) is 34.6 Å². The molecule has 0 fully saturated rings. The van der Waals surface area contributed by atoms with Gasteiger partial charge in [0.25, 0.3) is 0 Å². The maximum absolute atomic E-state index is 9.15. The first-order valence-electron chi connectivity index (χ1n) is 7.78. The normalized spacial score (nSPS) is 14.0. The minimum Gasteiger partial charge on any atom is -0.396 e. The molecule has 1 rings (SSSR count). The number of aliphatic hydroxyl groups excluding tert-OH is 1. The number of hydrogen-bond acceptors (Lipinski definition) is 4. The zero-order valence-electron chi connectivity index (χ0n) is 13.7. The van der Waals surface area contributed by atoms with Gasteiger partial charge >= 0.3 is 0 Å². The lowest BCUT2D eigenvalue weighted by Gasteiger charge is -2.22. The van der Waals surface area contributed by atoms with Crippen molar-refractivity contribution in [1.29, 1.82) is 0 Å². The van der Waals surface area contributed by atoms with E-state index in [0.29, 0.717) is 12.5 Å². The van der Waals surface area contributed by atoms with E-state index in [1.165, 1.54) is 0 Å². The van der Waals surface area contributed by atoms with Gasteiger partial charge in [0.2, 0.25) is 0 Å². The third kappa shape index (κ3) is 7.22. The molecule has 0 saturated heterocycles. The third-order valence-electron chi connectivity index (χ3n) is 3.42. The lowest BCUT2D eigenvalue weighted by atomic mass is 10.1. The number of para-hydroxylation sites is 1. The lowest BCUT2D eigenvalue weighted by molar-refractivity contribution is 0.299. The van der Waals surface area contributed by atoms with Crippen molar-refractivity contribution < 1.29 is 5.11 Å². The standard InChI is InChI=1S/C16H27BrN4O/c1-4-15(9-11-21(3)20-19-13(2)17)18-16-8-6-5-7-14(16)10-12-22/h5-8,13,15,18,22H,4,9-12H2,1-3H3/b20-19-. The van der Waals surface area contributed by atoms with Crippen LogP contribution in [0.5, 0.6) is 0 Å². The van der Waals surface area contributed by atoms with Crippen LogP contribution < -0.4 is 5.32 Å². The van der Waals surface area contributed by atoms with Crippen molar-refractivity contribution in [2.45, 2.75) is 44.1 Å². The van der Waals surface area contributed by atoms with Gasteiger partial charge in [0.15, 0.2) is 0 Å². The molecule has 2 unspecified atom stereocenters. The van der Waals surface area contributed by atoms with Crippen LogP contribution in [0.2, 0.25) is 0 Å². The number of benzene rings is 1. The summed E-state index contributed by atoms with van der Waals surface area (Å²) in [5.74, 6) is 0. The summed E-state index contributed by atoms with van der Waals surface area (Å²) >= 11 is 3.34. The van der Waals surface area contributed by atoms with E-state index >= 15 is 0 Å². The molecule has 0 saturated carbocycles. The van der Waals surface area contributed by atoms with Gasteiger partial charge < -0.3 is 10.4 Å². The summed E-state index contributed by atoms with van der Waals surface area (Å²) in [7, 11) is 1.94. The fourth-order valence-corrected chi connectivity index (χ4v) is 2.23. The van der Waals surface area contributed by atoms with Gasteiger partial charge in [-0.25, -0.2) is 0 Å². The number of anilines is 1. The first kappa shape index (κ1) is 18.9. The molecule has 124 valence electrons. The van der Waals surface area contributed by atoms with Gasteiger partial charge in [-0.3, -0.25) is 5.01 Å². The van der Waals surface area contributed by atoms with Gasteiger partial charge in [0, 0.05) is 31.9 Å². The maximum Gasteiger partial charge on any atom is 0.125 e. The van der Waals surface area contributed by atoms with Crippen LogP contribution >= 0.6 is 15.9 Å². The summed E-state index contributed by atoms with van der Waals surface area (Å²) in [6.07, 6.45) is 2.69. The first-order chi connectivity index (χ1) is 10.6. The Hall–Kier alpha value is -1.14. The highest BCUT2D eigenvalue weighted by molar-refractivity contribution is 9.09. The van der Waals surface area contributed by atoms with Crippen molar-refractivity contribution in [3.05, 3.63) is 29.8 Å². The Morgan fingerprint density at radius 1 is 1.36 bits per heavy atom. The molecule has 0 heterocycles. The first-order valence-corrected chi connectivity index (χ1v) is 8.69. The Morgan fingerprint density at radius 2 is 2.09 bits per heavy atom. The second kappa shape index (κ2) is 10.6. The van der Waals surface area contributed by atoms with E-state index in [-0.39, 0.29) is 11.6 Å². The molecule has 0 amide bonds. The highest BCUT2D eigenvalue weighted by atomic mass is 79.9. The smallest absolute Gasteiger partial charge is 0.125 e. The van der Waals surface area contributed by atoms with E-state index in [0.717, 1.165) is 30.6 Å². The van der Waals surface area contributed by atoms with Crippen LogP contribution in [0.1, 0.15) is 32.3 Å². The second-order valence-corrected chi connectivity index (χ2v) is 6.65. The van der Waals surface area contributed by atoms with Crippen molar-refractivity contribution in [1.82, 2.24) is 5.01 Å². The Morgan fingerprint density at radius 3 is 2.73 bits per heavy atom. The Labute approximate surface area is 141 Å². The molecule has 0 aliphatic rings. The van der Waals surface area contributed by atoms with Crippen LogP contribution in [0.4, 0.5) is 5.69 Å². The quantitative estimate of drug-likeness (QED) is 0.284. The summed E-state index contributed by atoms with van der Waals surface area (Å²) in [5.41, 5.74) is 2.27. The summed E-state index contributed by atoms with van der Waals surface area (Å²) in [6, 6.07) is 8.53. The van der Waals surface area contributed by atoms with Gasteiger partial charge in [0.05, 0.1) is 0 Å². The second-order valence-electron chi connectivity index (χ2n) is 5.33. The third-order valence-corrected chi connectivity index (χ3v) is 3.60. The number of aliphatic hydroxyl groups is 1. The molecule has 0 spiro atoms. The molecule has 22 heavy (non-hydrogen) atoms. The van der Waals surface area contributed by atoms with Gasteiger partial charge in [0.1, 0.15) is 4.95 Å². The number of halogens is 1. The van der Waals surface area contributed by atoms with E-state index in [9.17, 15) is 0 Å². The number of nitrogens with zero attached hydrogens (tertiary/aromatic N) is 3. The minimum atomic E-state index is 0.0420. The molecule has 0 radical (unpaired) electrons. The highest BCUT2D eigenvalue weighted by Crippen LogP contribution is 2.18. The van der Waals surface area contributed by atoms with Crippen LogP contribution in [0, 0.1) is 0 Å². The SMILES string of the molecule is CCC(CCN(C)/N=N\C(C)Br)Nc1ccccc1CCO. The fraction of sp³-hybridized carbons (Fsp3) is 0.625. The van der Waals surface area contributed by atoms with E-state index < -0.39 is 0 Å². The fourth-order valence-electron chi connectivity index (χ4n) is 2.14. The summed E-state index contributed by atoms with van der Waals surface area (Å²) < 4.78 is 0. The van der Waals surface area contributed by atoms with Crippen molar-refractivity contribution in [2.75, 3.05) is 25.5 Å². The predicted molar refractivity (Wildman–Crippen MR) is 95.4 cm³/mol.